The molecule has 1 aliphatic rings. The second-order valence-corrected chi connectivity index (χ2v) is 9.81. The largest absolute Gasteiger partial charge is 0.478 e. The molecule has 30 heavy (non-hydrogen) atoms. The average Bonchev–Trinajstić information content (AvgIpc) is 3.15. The number of thiophene rings is 1. The van der Waals surface area contributed by atoms with Crippen molar-refractivity contribution in [3.05, 3.63) is 41.0 Å². The van der Waals surface area contributed by atoms with Crippen molar-refractivity contribution in [1.82, 2.24) is 14.9 Å². The Labute approximate surface area is 184 Å². The molecular formula is C22H25ClN4O2S. The highest BCUT2D eigenvalue weighted by Crippen LogP contribution is 2.38. The molecule has 2 aromatic heterocycles. The zero-order valence-corrected chi connectivity index (χ0v) is 18.7. The molecular weight excluding hydrogens is 420 g/mol. The van der Waals surface area contributed by atoms with Crippen molar-refractivity contribution in [3.63, 3.8) is 0 Å². The van der Waals surface area contributed by atoms with Crippen molar-refractivity contribution >= 4 is 44.9 Å². The summed E-state index contributed by atoms with van der Waals surface area (Å²) in [5.74, 6) is -0.398. The van der Waals surface area contributed by atoms with Gasteiger partial charge in [0.2, 0.25) is 5.95 Å². The second kappa shape index (κ2) is 8.49. The van der Waals surface area contributed by atoms with E-state index in [9.17, 15) is 9.90 Å². The van der Waals surface area contributed by atoms with Crippen LogP contribution in [0.25, 0.3) is 20.7 Å². The summed E-state index contributed by atoms with van der Waals surface area (Å²) in [6.45, 7) is 5.44. The number of aromatic carboxylic acids is 1. The average molecular weight is 445 g/mol. The number of nitrogens with one attached hydrogen (secondary N) is 1. The minimum Gasteiger partial charge on any atom is -0.478 e. The fourth-order valence-corrected chi connectivity index (χ4v) is 5.21. The van der Waals surface area contributed by atoms with Crippen molar-refractivity contribution in [2.75, 3.05) is 32.0 Å². The summed E-state index contributed by atoms with van der Waals surface area (Å²) in [6, 6.07) is 7.12. The van der Waals surface area contributed by atoms with Crippen LogP contribution in [-0.4, -0.2) is 52.6 Å². The summed E-state index contributed by atoms with van der Waals surface area (Å²) < 4.78 is 0.893. The molecule has 3 heterocycles. The van der Waals surface area contributed by atoms with Gasteiger partial charge in [0.25, 0.3) is 0 Å². The molecule has 0 unspecified atom stereocenters. The summed E-state index contributed by atoms with van der Waals surface area (Å²) in [5.41, 5.74) is 1.25. The maximum absolute atomic E-state index is 11.5. The molecule has 1 aromatic carbocycles. The molecule has 0 atom stereocenters. The van der Waals surface area contributed by atoms with E-state index in [0.717, 1.165) is 35.6 Å². The first-order valence-electron chi connectivity index (χ1n) is 10.1. The van der Waals surface area contributed by atoms with E-state index in [4.69, 9.17) is 11.6 Å². The Kier molecular flexibility index (Phi) is 5.95. The van der Waals surface area contributed by atoms with Gasteiger partial charge >= 0.3 is 5.97 Å². The van der Waals surface area contributed by atoms with Crippen LogP contribution in [0, 0.1) is 5.41 Å². The number of hydrogen-bond acceptors (Lipinski definition) is 6. The number of carbonyl (C=O) groups is 1. The zero-order chi connectivity index (χ0) is 21.3. The lowest BCUT2D eigenvalue weighted by Crippen LogP contribution is -2.37. The van der Waals surface area contributed by atoms with Gasteiger partial charge < -0.3 is 15.3 Å². The molecule has 0 aliphatic carbocycles. The van der Waals surface area contributed by atoms with E-state index in [1.807, 2.05) is 12.1 Å². The van der Waals surface area contributed by atoms with Crippen molar-refractivity contribution in [1.29, 1.82) is 0 Å². The number of carboxylic acid groups (broad SMARTS) is 1. The maximum atomic E-state index is 11.5. The van der Waals surface area contributed by atoms with Crippen molar-refractivity contribution in [2.24, 2.45) is 5.41 Å². The first-order valence-corrected chi connectivity index (χ1v) is 11.3. The van der Waals surface area contributed by atoms with Crippen molar-refractivity contribution < 1.29 is 9.90 Å². The lowest BCUT2D eigenvalue weighted by atomic mass is 9.78. The first kappa shape index (κ1) is 21.0. The van der Waals surface area contributed by atoms with Gasteiger partial charge in [-0.2, -0.15) is 0 Å². The number of aromatic nitrogens is 2. The van der Waals surface area contributed by atoms with Crippen LogP contribution in [0.5, 0.6) is 0 Å². The molecule has 0 bridgehead atoms. The van der Waals surface area contributed by atoms with Crippen molar-refractivity contribution in [3.8, 4) is 10.6 Å². The van der Waals surface area contributed by atoms with Crippen LogP contribution in [0.4, 0.5) is 5.95 Å². The number of rotatable bonds is 6. The van der Waals surface area contributed by atoms with Gasteiger partial charge in [-0.25, -0.2) is 14.8 Å². The smallest absolute Gasteiger partial charge is 0.336 e. The third-order valence-corrected chi connectivity index (χ3v) is 7.36. The lowest BCUT2D eigenvalue weighted by molar-refractivity contribution is 0.0699. The molecule has 0 spiro atoms. The van der Waals surface area contributed by atoms with Gasteiger partial charge in [-0.15, -0.1) is 11.3 Å². The Morgan fingerprint density at radius 2 is 2.13 bits per heavy atom. The highest BCUT2D eigenvalue weighted by molar-refractivity contribution is 7.22. The molecule has 0 saturated carbocycles. The Morgan fingerprint density at radius 1 is 1.37 bits per heavy atom. The standard InChI is InChI=1S/C22H25ClN4O2S/c1-22(7-10-27(2)11-8-22)6-9-24-21-25-13-16(23)19(26-21)18-12-15-14(20(28)29)4-3-5-17(15)30-18/h3-5,12-13H,6-11H2,1-2H3,(H,28,29)(H,24,25,26). The number of halogens is 1. The third-order valence-electron chi connectivity index (χ3n) is 5.98. The van der Waals surface area contributed by atoms with Gasteiger partial charge in [-0.1, -0.05) is 24.6 Å². The van der Waals surface area contributed by atoms with Gasteiger partial charge in [-0.3, -0.25) is 0 Å². The van der Waals surface area contributed by atoms with Crippen LogP contribution in [0.2, 0.25) is 5.02 Å². The SMILES string of the molecule is CN1CCC(C)(CCNc2ncc(Cl)c(-c3cc4c(C(=O)O)cccc4s3)n2)CC1. The van der Waals surface area contributed by atoms with E-state index in [1.54, 1.807) is 18.3 Å². The number of hydrogen-bond donors (Lipinski definition) is 2. The number of fused-ring (bicyclic) bond motifs is 1. The third kappa shape index (κ3) is 4.43. The Morgan fingerprint density at radius 3 is 2.87 bits per heavy atom. The van der Waals surface area contributed by atoms with Crippen LogP contribution in [0.3, 0.4) is 0 Å². The summed E-state index contributed by atoms with van der Waals surface area (Å²) >= 11 is 7.87. The van der Waals surface area contributed by atoms with Crippen molar-refractivity contribution in [2.45, 2.75) is 26.2 Å². The number of piperidine rings is 1. The molecule has 1 aliphatic heterocycles. The molecule has 0 amide bonds. The summed E-state index contributed by atoms with van der Waals surface area (Å²) in [7, 11) is 2.17. The van der Waals surface area contributed by atoms with Crippen LogP contribution in [0.15, 0.2) is 30.5 Å². The highest BCUT2D eigenvalue weighted by Gasteiger charge is 2.28. The van der Waals surface area contributed by atoms with E-state index in [2.05, 4.69) is 34.2 Å². The van der Waals surface area contributed by atoms with Crippen LogP contribution in [0.1, 0.15) is 36.5 Å². The predicted molar refractivity (Wildman–Crippen MR) is 123 cm³/mol. The summed E-state index contributed by atoms with van der Waals surface area (Å²) in [5, 5.41) is 13.9. The molecule has 1 fully saturated rings. The van der Waals surface area contributed by atoms with E-state index < -0.39 is 5.97 Å². The fourth-order valence-electron chi connectivity index (χ4n) is 3.87. The van der Waals surface area contributed by atoms with Gasteiger partial charge in [0.05, 0.1) is 21.7 Å². The molecule has 3 aromatic rings. The molecule has 1 saturated heterocycles. The number of likely N-dealkylation sites (tertiary alicyclic amines) is 1. The normalized spacial score (nSPS) is 16.6. The van der Waals surface area contributed by atoms with Crippen LogP contribution >= 0.6 is 22.9 Å². The van der Waals surface area contributed by atoms with E-state index in [1.165, 1.54) is 24.2 Å². The molecule has 6 nitrogen and oxygen atoms in total. The predicted octanol–water partition coefficient (Wildman–Crippen LogP) is 5.24. The van der Waals surface area contributed by atoms with E-state index >= 15 is 0 Å². The fraction of sp³-hybridized carbons (Fsp3) is 0.409. The lowest BCUT2D eigenvalue weighted by Gasteiger charge is -2.38. The van der Waals surface area contributed by atoms with Crippen LogP contribution in [-0.2, 0) is 0 Å². The summed E-state index contributed by atoms with van der Waals surface area (Å²) in [4.78, 5) is 23.7. The zero-order valence-electron chi connectivity index (χ0n) is 17.1. The Balaban J connectivity index is 1.52. The number of carboxylic acids is 1. The minimum atomic E-state index is -0.941. The molecule has 158 valence electrons. The topological polar surface area (TPSA) is 78.4 Å². The highest BCUT2D eigenvalue weighted by atomic mass is 35.5. The second-order valence-electron chi connectivity index (χ2n) is 8.31. The van der Waals surface area contributed by atoms with Gasteiger partial charge in [0, 0.05) is 16.6 Å². The Hall–Kier alpha value is -2.22. The maximum Gasteiger partial charge on any atom is 0.336 e. The monoisotopic (exact) mass is 444 g/mol. The number of benzene rings is 1. The minimum absolute atomic E-state index is 0.282. The number of nitrogens with zero attached hydrogens (tertiary/aromatic N) is 3. The first-order chi connectivity index (χ1) is 14.3. The quantitative estimate of drug-likeness (QED) is 0.541. The number of anilines is 1. The molecule has 8 heteroatoms. The van der Waals surface area contributed by atoms with Gasteiger partial charge in [-0.05, 0) is 63.0 Å². The van der Waals surface area contributed by atoms with E-state index in [0.29, 0.717) is 27.5 Å². The van der Waals surface area contributed by atoms with Gasteiger partial charge in [0.15, 0.2) is 0 Å². The Bertz CT molecular complexity index is 1080. The summed E-state index contributed by atoms with van der Waals surface area (Å²) in [6.07, 6.45) is 5.07. The van der Waals surface area contributed by atoms with Crippen LogP contribution < -0.4 is 5.32 Å². The molecule has 0 radical (unpaired) electrons. The molecule has 4 rings (SSSR count). The van der Waals surface area contributed by atoms with E-state index in [-0.39, 0.29) is 5.56 Å². The van der Waals surface area contributed by atoms with Gasteiger partial charge in [0.1, 0.15) is 5.69 Å². The molecule has 2 N–H and O–H groups in total.